The van der Waals surface area contributed by atoms with E-state index in [1.807, 2.05) is 0 Å². The van der Waals surface area contributed by atoms with Crippen LogP contribution in [0.1, 0.15) is 57.8 Å². The van der Waals surface area contributed by atoms with Gasteiger partial charge in [0.25, 0.3) is 0 Å². The molecule has 0 radical (unpaired) electrons. The Labute approximate surface area is 101 Å². The Bertz CT molecular complexity index is 183. The van der Waals surface area contributed by atoms with Crippen molar-refractivity contribution in [1.82, 2.24) is 10.2 Å². The Hall–Kier alpha value is -0.0800. The van der Waals surface area contributed by atoms with Gasteiger partial charge in [0.05, 0.1) is 0 Å². The molecule has 1 N–H and O–H groups in total. The van der Waals surface area contributed by atoms with E-state index in [4.69, 9.17) is 0 Å². The predicted molar refractivity (Wildman–Crippen MR) is 69.8 cm³/mol. The first kappa shape index (κ1) is 12.4. The molecule has 2 heteroatoms. The van der Waals surface area contributed by atoms with Gasteiger partial charge in [0.1, 0.15) is 0 Å². The summed E-state index contributed by atoms with van der Waals surface area (Å²) in [6, 6.07) is 0. The number of piperidine rings is 1. The van der Waals surface area contributed by atoms with Crippen molar-refractivity contribution in [2.45, 2.75) is 63.3 Å². The van der Waals surface area contributed by atoms with Crippen molar-refractivity contribution in [2.75, 3.05) is 26.7 Å². The fourth-order valence-electron chi connectivity index (χ4n) is 3.21. The summed E-state index contributed by atoms with van der Waals surface area (Å²) in [7, 11) is 2.26. The van der Waals surface area contributed by atoms with Gasteiger partial charge in [-0.1, -0.05) is 32.1 Å². The van der Waals surface area contributed by atoms with E-state index >= 15 is 0 Å². The van der Waals surface area contributed by atoms with E-state index in [2.05, 4.69) is 17.3 Å². The van der Waals surface area contributed by atoms with Crippen molar-refractivity contribution >= 4 is 0 Å². The summed E-state index contributed by atoms with van der Waals surface area (Å²) in [6.45, 7) is 3.82. The minimum absolute atomic E-state index is 0.504. The number of nitrogens with zero attached hydrogens (tertiary/aromatic N) is 1. The molecule has 16 heavy (non-hydrogen) atoms. The van der Waals surface area contributed by atoms with Crippen LogP contribution in [0.5, 0.6) is 0 Å². The molecule has 2 fully saturated rings. The van der Waals surface area contributed by atoms with Crippen LogP contribution in [0.25, 0.3) is 0 Å². The standard InChI is InChI=1S/C14H28N2/c1-16-12-9-14(10-13-16)8-6-4-2-3-5-7-11-15-14/h15H,2-13H2,1H3. The van der Waals surface area contributed by atoms with E-state index < -0.39 is 0 Å². The monoisotopic (exact) mass is 224 g/mol. The second-order valence-electron chi connectivity index (χ2n) is 5.88. The van der Waals surface area contributed by atoms with Gasteiger partial charge < -0.3 is 10.2 Å². The molecule has 0 amide bonds. The molecule has 2 heterocycles. The van der Waals surface area contributed by atoms with Crippen molar-refractivity contribution in [3.8, 4) is 0 Å². The van der Waals surface area contributed by atoms with Gasteiger partial charge in [-0.3, -0.25) is 0 Å². The molecule has 2 aliphatic heterocycles. The maximum absolute atomic E-state index is 3.90. The van der Waals surface area contributed by atoms with E-state index in [0.29, 0.717) is 5.54 Å². The van der Waals surface area contributed by atoms with Crippen LogP contribution >= 0.6 is 0 Å². The molecule has 2 rings (SSSR count). The summed E-state index contributed by atoms with van der Waals surface area (Å²) in [5.74, 6) is 0. The molecular weight excluding hydrogens is 196 g/mol. The Morgan fingerprint density at radius 1 is 0.812 bits per heavy atom. The van der Waals surface area contributed by atoms with E-state index in [9.17, 15) is 0 Å². The van der Waals surface area contributed by atoms with Gasteiger partial charge in [-0.15, -0.1) is 0 Å². The minimum Gasteiger partial charge on any atom is -0.311 e. The predicted octanol–water partition coefficient (Wildman–Crippen LogP) is 2.78. The van der Waals surface area contributed by atoms with Crippen molar-refractivity contribution in [3.05, 3.63) is 0 Å². The fourth-order valence-corrected chi connectivity index (χ4v) is 3.21. The van der Waals surface area contributed by atoms with Crippen LogP contribution in [0.4, 0.5) is 0 Å². The molecule has 0 saturated carbocycles. The van der Waals surface area contributed by atoms with Gasteiger partial charge in [-0.2, -0.15) is 0 Å². The third-order valence-corrected chi connectivity index (χ3v) is 4.53. The van der Waals surface area contributed by atoms with Gasteiger partial charge in [-0.25, -0.2) is 0 Å². The van der Waals surface area contributed by atoms with E-state index in [1.165, 1.54) is 77.4 Å². The zero-order valence-electron chi connectivity index (χ0n) is 10.9. The van der Waals surface area contributed by atoms with Crippen LogP contribution in [0.3, 0.4) is 0 Å². The van der Waals surface area contributed by atoms with Crippen LogP contribution in [0, 0.1) is 0 Å². The van der Waals surface area contributed by atoms with E-state index in [0.717, 1.165) is 0 Å². The second-order valence-corrected chi connectivity index (χ2v) is 5.88. The van der Waals surface area contributed by atoms with Gasteiger partial charge in [0.2, 0.25) is 0 Å². The second kappa shape index (κ2) is 6.02. The van der Waals surface area contributed by atoms with E-state index in [1.54, 1.807) is 0 Å². The van der Waals surface area contributed by atoms with Gasteiger partial charge in [0.15, 0.2) is 0 Å². The molecule has 0 atom stereocenters. The lowest BCUT2D eigenvalue weighted by Crippen LogP contribution is -2.53. The lowest BCUT2D eigenvalue weighted by Gasteiger charge is -2.42. The minimum atomic E-state index is 0.504. The average molecular weight is 224 g/mol. The highest BCUT2D eigenvalue weighted by molar-refractivity contribution is 4.92. The number of likely N-dealkylation sites (tertiary alicyclic amines) is 1. The van der Waals surface area contributed by atoms with Crippen LogP contribution in [-0.2, 0) is 0 Å². The zero-order chi connectivity index (χ0) is 11.3. The maximum atomic E-state index is 3.90. The number of hydrogen-bond donors (Lipinski definition) is 1. The van der Waals surface area contributed by atoms with Crippen molar-refractivity contribution < 1.29 is 0 Å². The Morgan fingerprint density at radius 2 is 1.44 bits per heavy atom. The molecule has 0 aromatic carbocycles. The molecule has 0 unspecified atom stereocenters. The molecule has 0 aromatic heterocycles. The van der Waals surface area contributed by atoms with Crippen molar-refractivity contribution in [2.24, 2.45) is 0 Å². The Morgan fingerprint density at radius 3 is 2.19 bits per heavy atom. The summed E-state index contributed by atoms with van der Waals surface area (Å²) in [5.41, 5.74) is 0.504. The molecule has 0 bridgehead atoms. The zero-order valence-corrected chi connectivity index (χ0v) is 10.9. The Kier molecular flexibility index (Phi) is 4.66. The summed E-state index contributed by atoms with van der Waals surface area (Å²) in [5, 5.41) is 3.90. The summed E-state index contributed by atoms with van der Waals surface area (Å²) >= 11 is 0. The topological polar surface area (TPSA) is 15.3 Å². The summed E-state index contributed by atoms with van der Waals surface area (Å²) in [6.07, 6.45) is 12.8. The highest BCUT2D eigenvalue weighted by Crippen LogP contribution is 2.28. The van der Waals surface area contributed by atoms with Gasteiger partial charge in [0, 0.05) is 5.54 Å². The smallest absolute Gasteiger partial charge is 0.0205 e. The lowest BCUT2D eigenvalue weighted by atomic mass is 9.82. The first-order valence-corrected chi connectivity index (χ1v) is 7.24. The molecule has 2 saturated heterocycles. The maximum Gasteiger partial charge on any atom is 0.0205 e. The SMILES string of the molecule is CN1CCC2(CCCCCCCCN2)CC1. The largest absolute Gasteiger partial charge is 0.311 e. The lowest BCUT2D eigenvalue weighted by molar-refractivity contribution is 0.142. The molecular formula is C14H28N2. The van der Waals surface area contributed by atoms with Crippen molar-refractivity contribution in [3.63, 3.8) is 0 Å². The molecule has 94 valence electrons. The Balaban J connectivity index is 1.88. The van der Waals surface area contributed by atoms with E-state index in [-0.39, 0.29) is 0 Å². The van der Waals surface area contributed by atoms with Crippen LogP contribution in [0.2, 0.25) is 0 Å². The molecule has 0 aromatic rings. The third kappa shape index (κ3) is 3.46. The van der Waals surface area contributed by atoms with Gasteiger partial charge >= 0.3 is 0 Å². The number of hydrogen-bond acceptors (Lipinski definition) is 2. The highest BCUT2D eigenvalue weighted by atomic mass is 15.1. The van der Waals surface area contributed by atoms with Crippen molar-refractivity contribution in [1.29, 1.82) is 0 Å². The molecule has 1 spiro atoms. The first-order valence-electron chi connectivity index (χ1n) is 7.24. The van der Waals surface area contributed by atoms with Crippen LogP contribution in [-0.4, -0.2) is 37.1 Å². The highest BCUT2D eigenvalue weighted by Gasteiger charge is 2.32. The third-order valence-electron chi connectivity index (χ3n) is 4.53. The molecule has 2 nitrogen and oxygen atoms in total. The molecule has 2 aliphatic rings. The van der Waals surface area contributed by atoms with Gasteiger partial charge in [-0.05, 0) is 52.4 Å². The summed E-state index contributed by atoms with van der Waals surface area (Å²) < 4.78 is 0. The normalized spacial score (nSPS) is 29.1. The average Bonchev–Trinajstić information content (AvgIpc) is 2.32. The number of rotatable bonds is 0. The summed E-state index contributed by atoms with van der Waals surface area (Å²) in [4.78, 5) is 2.48. The van der Waals surface area contributed by atoms with Crippen LogP contribution < -0.4 is 5.32 Å². The quantitative estimate of drug-likeness (QED) is 0.680. The number of nitrogens with one attached hydrogen (secondary N) is 1. The van der Waals surface area contributed by atoms with Crippen LogP contribution in [0.15, 0.2) is 0 Å². The molecule has 0 aliphatic carbocycles. The first-order chi connectivity index (χ1) is 7.81. The fraction of sp³-hybridized carbons (Fsp3) is 1.00.